The minimum absolute atomic E-state index is 0.166. The number of aliphatic hydroxyl groups is 1. The summed E-state index contributed by atoms with van der Waals surface area (Å²) in [6, 6.07) is 4.26. The number of hydrogen-bond acceptors (Lipinski definition) is 6. The summed E-state index contributed by atoms with van der Waals surface area (Å²) in [5.41, 5.74) is -0.444. The maximum absolute atomic E-state index is 11.4. The van der Waals surface area contributed by atoms with E-state index < -0.39 is 10.9 Å². The molecule has 0 atom stereocenters. The van der Waals surface area contributed by atoms with Crippen LogP contribution in [0.15, 0.2) is 24.3 Å². The van der Waals surface area contributed by atoms with Crippen molar-refractivity contribution in [1.29, 1.82) is 0 Å². The molecule has 0 aliphatic rings. The zero-order valence-electron chi connectivity index (χ0n) is 8.87. The van der Waals surface area contributed by atoms with Crippen LogP contribution >= 0.6 is 0 Å². The van der Waals surface area contributed by atoms with E-state index in [-0.39, 0.29) is 30.9 Å². The predicted molar refractivity (Wildman–Crippen MR) is 52.4 cm³/mol. The third-order valence-corrected chi connectivity index (χ3v) is 2.03. The molecule has 0 radical (unpaired) electrons. The van der Waals surface area contributed by atoms with Crippen molar-refractivity contribution in [2.75, 3.05) is 13.2 Å². The van der Waals surface area contributed by atoms with Crippen LogP contribution in [0.1, 0.15) is 12.0 Å². The van der Waals surface area contributed by atoms with Gasteiger partial charge < -0.3 is 20.1 Å². The summed E-state index contributed by atoms with van der Waals surface area (Å²) >= 11 is 0. The molecule has 1 N–H and O–H groups in total. The SMILES string of the molecule is O=[N+]([O-])c1ccc(C([O-])([O-])OCCCO)cc1. The Morgan fingerprint density at radius 3 is 2.35 bits per heavy atom. The van der Waals surface area contributed by atoms with E-state index in [1.165, 1.54) is 0 Å². The van der Waals surface area contributed by atoms with E-state index in [4.69, 9.17) is 5.11 Å². The molecule has 0 bridgehead atoms. The maximum Gasteiger partial charge on any atom is 0.269 e. The average Bonchev–Trinajstić information content (AvgIpc) is 2.29. The predicted octanol–water partition coefficient (Wildman–Crippen LogP) is -1.18. The van der Waals surface area contributed by atoms with Crippen LogP contribution in [0, 0.1) is 10.1 Å². The molecule has 0 spiro atoms. The summed E-state index contributed by atoms with van der Waals surface area (Å²) in [6.45, 7) is -0.350. The smallest absolute Gasteiger partial charge is 0.269 e. The normalized spacial score (nSPS) is 11.5. The number of ether oxygens (including phenoxy) is 1. The molecular weight excluding hydrogens is 230 g/mol. The molecule has 0 aliphatic heterocycles. The van der Waals surface area contributed by atoms with Gasteiger partial charge in [0.05, 0.1) is 4.92 Å². The van der Waals surface area contributed by atoms with Crippen molar-refractivity contribution >= 4 is 5.69 Å². The van der Waals surface area contributed by atoms with E-state index in [0.29, 0.717) is 0 Å². The van der Waals surface area contributed by atoms with Crippen LogP contribution in [0.5, 0.6) is 0 Å². The van der Waals surface area contributed by atoms with Gasteiger partial charge in [0.25, 0.3) is 5.69 Å². The average molecular weight is 241 g/mol. The zero-order valence-corrected chi connectivity index (χ0v) is 8.87. The summed E-state index contributed by atoms with van der Waals surface area (Å²) in [5.74, 6) is -3.01. The topological polar surface area (TPSA) is 119 Å². The van der Waals surface area contributed by atoms with Crippen LogP contribution < -0.4 is 10.2 Å². The lowest BCUT2D eigenvalue weighted by molar-refractivity contribution is -0.801. The number of aliphatic hydroxyl groups excluding tert-OH is 1. The Balaban J connectivity index is 2.73. The molecule has 0 saturated heterocycles. The Labute approximate surface area is 97.0 Å². The molecule has 7 nitrogen and oxygen atoms in total. The number of nitrogens with zero attached hydrogens (tertiary/aromatic N) is 1. The van der Waals surface area contributed by atoms with Gasteiger partial charge in [-0.3, -0.25) is 10.1 Å². The van der Waals surface area contributed by atoms with E-state index in [2.05, 4.69) is 4.74 Å². The highest BCUT2D eigenvalue weighted by Gasteiger charge is 2.09. The van der Waals surface area contributed by atoms with Gasteiger partial charge in [-0.1, -0.05) is 18.1 Å². The van der Waals surface area contributed by atoms with E-state index >= 15 is 0 Å². The highest BCUT2D eigenvalue weighted by Crippen LogP contribution is 2.18. The van der Waals surface area contributed by atoms with Gasteiger partial charge in [-0.2, -0.15) is 0 Å². The fourth-order valence-corrected chi connectivity index (χ4v) is 1.14. The van der Waals surface area contributed by atoms with Crippen molar-refractivity contribution in [3.8, 4) is 0 Å². The monoisotopic (exact) mass is 241 g/mol. The lowest BCUT2D eigenvalue weighted by Gasteiger charge is -2.48. The Morgan fingerprint density at radius 2 is 1.88 bits per heavy atom. The molecule has 17 heavy (non-hydrogen) atoms. The first kappa shape index (κ1) is 13.5. The van der Waals surface area contributed by atoms with Crippen LogP contribution in [-0.2, 0) is 10.7 Å². The van der Waals surface area contributed by atoms with Crippen LogP contribution in [0.4, 0.5) is 5.69 Å². The minimum atomic E-state index is -3.01. The summed E-state index contributed by atoms with van der Waals surface area (Å²) < 4.78 is 4.52. The first-order valence-electron chi connectivity index (χ1n) is 4.88. The summed E-state index contributed by atoms with van der Waals surface area (Å²) in [5, 5.41) is 41.7. The Morgan fingerprint density at radius 1 is 1.29 bits per heavy atom. The largest absolute Gasteiger partial charge is 0.838 e. The first-order valence-corrected chi connectivity index (χ1v) is 4.88. The van der Waals surface area contributed by atoms with Gasteiger partial charge in [-0.25, -0.2) is 0 Å². The molecule has 0 aliphatic carbocycles. The van der Waals surface area contributed by atoms with Gasteiger partial charge in [-0.05, 0) is 12.0 Å². The van der Waals surface area contributed by atoms with Crippen molar-refractivity contribution in [3.05, 3.63) is 39.9 Å². The fourth-order valence-electron chi connectivity index (χ4n) is 1.14. The van der Waals surface area contributed by atoms with E-state index in [1.807, 2.05) is 0 Å². The summed E-state index contributed by atoms with van der Waals surface area (Å²) in [4.78, 5) is 9.73. The van der Waals surface area contributed by atoms with Crippen LogP contribution in [0.2, 0.25) is 0 Å². The van der Waals surface area contributed by atoms with Gasteiger partial charge >= 0.3 is 0 Å². The number of nitro benzene ring substituents is 1. The molecule has 1 aromatic rings. The van der Waals surface area contributed by atoms with Crippen molar-refractivity contribution < 1.29 is 25.0 Å². The Kier molecular flexibility index (Phi) is 4.53. The summed E-state index contributed by atoms with van der Waals surface area (Å²) in [6.07, 6.45) is 0.180. The standard InChI is InChI=1S/C10H11NO6/c12-6-1-7-17-10(13,14)8-2-4-9(5-3-8)11(15)16/h2-5,12H,1,6-7H2/q-2. The third-order valence-electron chi connectivity index (χ3n) is 2.03. The second-order valence-corrected chi connectivity index (χ2v) is 3.29. The summed E-state index contributed by atoms with van der Waals surface area (Å²) in [7, 11) is 0. The van der Waals surface area contributed by atoms with Gasteiger partial charge in [0, 0.05) is 25.3 Å². The highest BCUT2D eigenvalue weighted by molar-refractivity contribution is 5.33. The number of rotatable bonds is 6. The quantitative estimate of drug-likeness (QED) is 0.290. The second kappa shape index (κ2) is 5.69. The lowest BCUT2D eigenvalue weighted by atomic mass is 10.2. The third kappa shape index (κ3) is 3.75. The van der Waals surface area contributed by atoms with Crippen LogP contribution in [0.25, 0.3) is 0 Å². The molecule has 1 aromatic carbocycles. The zero-order chi connectivity index (χ0) is 12.9. The van der Waals surface area contributed by atoms with Crippen molar-refractivity contribution in [3.63, 3.8) is 0 Å². The number of benzene rings is 1. The van der Waals surface area contributed by atoms with Gasteiger partial charge in [0.15, 0.2) is 0 Å². The minimum Gasteiger partial charge on any atom is -0.838 e. The Hall–Kier alpha value is -1.54. The van der Waals surface area contributed by atoms with E-state index in [1.54, 1.807) is 0 Å². The van der Waals surface area contributed by atoms with Gasteiger partial charge in [-0.15, -0.1) is 0 Å². The van der Waals surface area contributed by atoms with Crippen LogP contribution in [0.3, 0.4) is 0 Å². The number of non-ortho nitro benzene ring substituents is 1. The van der Waals surface area contributed by atoms with Crippen molar-refractivity contribution in [2.45, 2.75) is 12.4 Å². The molecular formula is C10H11NO6-2. The maximum atomic E-state index is 11.4. The molecule has 1 rings (SSSR count). The molecule has 0 fully saturated rings. The van der Waals surface area contributed by atoms with E-state index in [0.717, 1.165) is 24.3 Å². The van der Waals surface area contributed by atoms with Crippen molar-refractivity contribution in [1.82, 2.24) is 0 Å². The lowest BCUT2D eigenvalue weighted by Crippen LogP contribution is -2.55. The van der Waals surface area contributed by atoms with Crippen molar-refractivity contribution in [2.24, 2.45) is 0 Å². The Bertz CT molecular complexity index is 375. The molecule has 0 aromatic heterocycles. The number of hydrogen-bond donors (Lipinski definition) is 1. The fraction of sp³-hybridized carbons (Fsp3) is 0.400. The van der Waals surface area contributed by atoms with Crippen LogP contribution in [-0.4, -0.2) is 23.2 Å². The number of nitro groups is 1. The molecule has 94 valence electrons. The highest BCUT2D eigenvalue weighted by atomic mass is 16.8. The molecule has 0 saturated carbocycles. The second-order valence-electron chi connectivity index (χ2n) is 3.29. The molecule has 0 amide bonds. The molecule has 0 heterocycles. The van der Waals surface area contributed by atoms with Gasteiger partial charge in [0.2, 0.25) is 0 Å². The first-order chi connectivity index (χ1) is 7.97. The molecule has 7 heteroatoms. The molecule has 0 unspecified atom stereocenters. The van der Waals surface area contributed by atoms with E-state index in [9.17, 15) is 20.3 Å². The van der Waals surface area contributed by atoms with Gasteiger partial charge in [0.1, 0.15) is 0 Å².